The smallest absolute Gasteiger partial charge is 0.148 e. The molecule has 0 aliphatic heterocycles. The Bertz CT molecular complexity index is 868. The van der Waals surface area contributed by atoms with Gasteiger partial charge in [0.05, 0.1) is 16.8 Å². The molecule has 0 unspecified atom stereocenters. The number of pyridine rings is 2. The molecule has 102 valence electrons. The molecule has 3 rings (SSSR count). The van der Waals surface area contributed by atoms with Crippen LogP contribution in [-0.2, 0) is 0 Å². The zero-order chi connectivity index (χ0) is 14.8. The highest BCUT2D eigenvalue weighted by Crippen LogP contribution is 2.27. The average Bonchev–Trinajstić information content (AvgIpc) is 2.47. The van der Waals surface area contributed by atoms with Crippen LogP contribution in [-0.4, -0.2) is 9.97 Å². The van der Waals surface area contributed by atoms with E-state index in [0.29, 0.717) is 11.4 Å². The fourth-order valence-electron chi connectivity index (χ4n) is 2.16. The second-order valence-electron chi connectivity index (χ2n) is 4.62. The first-order chi connectivity index (χ1) is 10.2. The van der Waals surface area contributed by atoms with Gasteiger partial charge in [0.25, 0.3) is 0 Å². The van der Waals surface area contributed by atoms with E-state index in [1.807, 2.05) is 37.3 Å². The van der Waals surface area contributed by atoms with Crippen LogP contribution in [0.3, 0.4) is 0 Å². The third-order valence-corrected chi connectivity index (χ3v) is 3.64. The SMILES string of the molecule is Cc1ccnc(Nc2cccc3cc(Br)cnc23)c1C#N. The number of nitrogens with one attached hydrogen (secondary N) is 1. The van der Waals surface area contributed by atoms with Crippen LogP contribution in [0, 0.1) is 18.3 Å². The number of aromatic nitrogens is 2. The summed E-state index contributed by atoms with van der Waals surface area (Å²) in [5.74, 6) is 0.551. The number of anilines is 2. The largest absolute Gasteiger partial charge is 0.337 e. The minimum atomic E-state index is 0.548. The van der Waals surface area contributed by atoms with Gasteiger partial charge in [-0.05, 0) is 46.6 Å². The van der Waals surface area contributed by atoms with Crippen molar-refractivity contribution in [3.8, 4) is 6.07 Å². The van der Waals surface area contributed by atoms with Gasteiger partial charge >= 0.3 is 0 Å². The lowest BCUT2D eigenvalue weighted by Gasteiger charge is -2.10. The van der Waals surface area contributed by atoms with Crippen molar-refractivity contribution < 1.29 is 0 Å². The molecular formula is C16H11BrN4. The molecule has 3 aromatic rings. The van der Waals surface area contributed by atoms with Gasteiger partial charge in [0.1, 0.15) is 11.9 Å². The molecule has 0 radical (unpaired) electrons. The number of halogens is 1. The molecule has 2 aromatic heterocycles. The lowest BCUT2D eigenvalue weighted by Crippen LogP contribution is -1.99. The Balaban J connectivity index is 2.11. The van der Waals surface area contributed by atoms with Gasteiger partial charge < -0.3 is 5.32 Å². The van der Waals surface area contributed by atoms with Gasteiger partial charge in [-0.15, -0.1) is 0 Å². The number of nitrogens with zero attached hydrogens (tertiary/aromatic N) is 3. The van der Waals surface area contributed by atoms with Crippen molar-refractivity contribution >= 4 is 38.3 Å². The average molecular weight is 339 g/mol. The number of fused-ring (bicyclic) bond motifs is 1. The van der Waals surface area contributed by atoms with Crippen molar-refractivity contribution in [3.63, 3.8) is 0 Å². The second kappa shape index (κ2) is 5.51. The van der Waals surface area contributed by atoms with Crippen molar-refractivity contribution in [1.29, 1.82) is 5.26 Å². The maximum absolute atomic E-state index is 9.28. The van der Waals surface area contributed by atoms with Crippen molar-refractivity contribution in [2.75, 3.05) is 5.32 Å². The van der Waals surface area contributed by atoms with E-state index in [1.165, 1.54) is 0 Å². The van der Waals surface area contributed by atoms with Crippen molar-refractivity contribution in [2.24, 2.45) is 0 Å². The van der Waals surface area contributed by atoms with E-state index in [9.17, 15) is 5.26 Å². The first-order valence-corrected chi connectivity index (χ1v) is 7.15. The van der Waals surface area contributed by atoms with E-state index < -0.39 is 0 Å². The maximum atomic E-state index is 9.28. The lowest BCUT2D eigenvalue weighted by atomic mass is 10.1. The third-order valence-electron chi connectivity index (χ3n) is 3.20. The second-order valence-corrected chi connectivity index (χ2v) is 5.53. The summed E-state index contributed by atoms with van der Waals surface area (Å²) < 4.78 is 0.929. The number of hydrogen-bond donors (Lipinski definition) is 1. The number of para-hydroxylation sites is 1. The molecule has 1 N–H and O–H groups in total. The van der Waals surface area contributed by atoms with Crippen molar-refractivity contribution in [2.45, 2.75) is 6.92 Å². The topological polar surface area (TPSA) is 61.6 Å². The first kappa shape index (κ1) is 13.5. The standard InChI is InChI=1S/C16H11BrN4/c1-10-5-6-19-16(13(10)8-18)21-14-4-2-3-11-7-12(17)9-20-15(11)14/h2-7,9H,1H3,(H,19,21). The Labute approximate surface area is 130 Å². The fraction of sp³-hybridized carbons (Fsp3) is 0.0625. The van der Waals surface area contributed by atoms with Gasteiger partial charge in [0.2, 0.25) is 0 Å². The Morgan fingerprint density at radius 3 is 2.90 bits per heavy atom. The van der Waals surface area contributed by atoms with E-state index in [2.05, 4.69) is 37.3 Å². The van der Waals surface area contributed by atoms with E-state index in [4.69, 9.17) is 0 Å². The lowest BCUT2D eigenvalue weighted by molar-refractivity contribution is 1.24. The van der Waals surface area contributed by atoms with Crippen LogP contribution in [0.25, 0.3) is 10.9 Å². The quantitative estimate of drug-likeness (QED) is 0.755. The Morgan fingerprint density at radius 1 is 1.24 bits per heavy atom. The summed E-state index contributed by atoms with van der Waals surface area (Å²) in [6.45, 7) is 1.89. The number of nitriles is 1. The van der Waals surface area contributed by atoms with Crippen LogP contribution >= 0.6 is 15.9 Å². The van der Waals surface area contributed by atoms with Gasteiger partial charge in [-0.1, -0.05) is 12.1 Å². The Hall–Kier alpha value is -2.45. The van der Waals surface area contributed by atoms with Gasteiger partial charge in [-0.25, -0.2) is 4.98 Å². The molecule has 0 atom stereocenters. The summed E-state index contributed by atoms with van der Waals surface area (Å²) >= 11 is 3.42. The molecule has 0 spiro atoms. The first-order valence-electron chi connectivity index (χ1n) is 6.36. The summed E-state index contributed by atoms with van der Waals surface area (Å²) in [4.78, 5) is 8.69. The molecule has 2 heterocycles. The van der Waals surface area contributed by atoms with Crippen molar-refractivity contribution in [3.05, 3.63) is 58.3 Å². The van der Waals surface area contributed by atoms with Gasteiger partial charge in [-0.3, -0.25) is 4.98 Å². The summed E-state index contributed by atoms with van der Waals surface area (Å²) in [7, 11) is 0. The minimum absolute atomic E-state index is 0.548. The molecule has 0 fully saturated rings. The monoisotopic (exact) mass is 338 g/mol. The Kier molecular flexibility index (Phi) is 3.55. The summed E-state index contributed by atoms with van der Waals surface area (Å²) in [6, 6.07) is 11.9. The summed E-state index contributed by atoms with van der Waals surface area (Å²) in [5, 5.41) is 13.5. The van der Waals surface area contributed by atoms with E-state index in [1.54, 1.807) is 12.4 Å². The number of benzene rings is 1. The molecule has 0 saturated carbocycles. The predicted octanol–water partition coefficient (Wildman–Crippen LogP) is 4.32. The zero-order valence-electron chi connectivity index (χ0n) is 11.3. The van der Waals surface area contributed by atoms with Crippen LogP contribution in [0.4, 0.5) is 11.5 Å². The molecule has 4 nitrogen and oxygen atoms in total. The fourth-order valence-corrected chi connectivity index (χ4v) is 2.51. The highest BCUT2D eigenvalue weighted by atomic mass is 79.9. The van der Waals surface area contributed by atoms with Gasteiger partial charge in [-0.2, -0.15) is 5.26 Å². The van der Waals surface area contributed by atoms with Crippen molar-refractivity contribution in [1.82, 2.24) is 9.97 Å². The highest BCUT2D eigenvalue weighted by molar-refractivity contribution is 9.10. The van der Waals surface area contributed by atoms with Crippen LogP contribution in [0.1, 0.15) is 11.1 Å². The normalized spacial score (nSPS) is 10.3. The Morgan fingerprint density at radius 2 is 2.10 bits per heavy atom. The molecule has 0 bridgehead atoms. The number of rotatable bonds is 2. The summed E-state index contributed by atoms with van der Waals surface area (Å²) in [5.41, 5.74) is 3.11. The van der Waals surface area contributed by atoms with E-state index in [0.717, 1.165) is 26.6 Å². The molecular weight excluding hydrogens is 328 g/mol. The number of hydrogen-bond acceptors (Lipinski definition) is 4. The van der Waals surface area contributed by atoms with Crippen LogP contribution in [0.15, 0.2) is 47.2 Å². The van der Waals surface area contributed by atoms with Gasteiger partial charge in [0, 0.05) is 22.3 Å². The maximum Gasteiger partial charge on any atom is 0.148 e. The molecule has 0 saturated heterocycles. The minimum Gasteiger partial charge on any atom is -0.337 e. The van der Waals surface area contributed by atoms with E-state index >= 15 is 0 Å². The molecule has 21 heavy (non-hydrogen) atoms. The molecule has 0 aliphatic carbocycles. The molecule has 0 amide bonds. The molecule has 1 aromatic carbocycles. The van der Waals surface area contributed by atoms with Crippen LogP contribution in [0.5, 0.6) is 0 Å². The number of aryl methyl sites for hydroxylation is 1. The summed E-state index contributed by atoms with van der Waals surface area (Å²) in [6.07, 6.45) is 3.44. The molecule has 5 heteroatoms. The molecule has 0 aliphatic rings. The van der Waals surface area contributed by atoms with E-state index in [-0.39, 0.29) is 0 Å². The zero-order valence-corrected chi connectivity index (χ0v) is 12.8. The predicted molar refractivity (Wildman–Crippen MR) is 86.4 cm³/mol. The van der Waals surface area contributed by atoms with Gasteiger partial charge in [0.15, 0.2) is 0 Å². The highest BCUT2D eigenvalue weighted by Gasteiger charge is 2.09. The van der Waals surface area contributed by atoms with Crippen LogP contribution in [0.2, 0.25) is 0 Å². The third kappa shape index (κ3) is 2.58. The van der Waals surface area contributed by atoms with Crippen LogP contribution < -0.4 is 5.32 Å².